The van der Waals surface area contributed by atoms with Gasteiger partial charge in [-0.25, -0.2) is 13.1 Å². The van der Waals surface area contributed by atoms with Crippen LogP contribution in [0.25, 0.3) is 28.0 Å². The topological polar surface area (TPSA) is 72.6 Å². The molecule has 0 bridgehead atoms. The Morgan fingerprint density at radius 3 is 2.32 bits per heavy atom. The molecule has 8 heteroatoms. The van der Waals surface area contributed by atoms with E-state index in [9.17, 15) is 13.2 Å². The fourth-order valence-electron chi connectivity index (χ4n) is 5.32. The number of nitrogens with zero attached hydrogens (tertiary/aromatic N) is 2. The van der Waals surface area contributed by atoms with Crippen LogP contribution >= 0.6 is 11.6 Å². The molecule has 3 aromatic carbocycles. The monoisotopic (exact) mass is 543 g/mol. The summed E-state index contributed by atoms with van der Waals surface area (Å²) in [5, 5.41) is 0.649. The number of halogens is 1. The third-order valence-electron chi connectivity index (χ3n) is 7.11. The molecule has 6 rings (SSSR count). The predicted octanol–water partition coefficient (Wildman–Crippen LogP) is 6.49. The number of carbonyl (C=O) groups excluding carboxylic acids is 1. The van der Waals surface area contributed by atoms with E-state index in [1.165, 1.54) is 12.1 Å². The number of nitrogens with one attached hydrogen (secondary N) is 1. The van der Waals surface area contributed by atoms with Crippen LogP contribution in [0.15, 0.2) is 90.0 Å². The first-order chi connectivity index (χ1) is 18.3. The molecule has 6 nitrogen and oxygen atoms in total. The number of aryl methyl sites for hydroxylation is 3. The molecule has 2 aromatic heterocycles. The maximum Gasteiger partial charge on any atom is 0.282 e. The Bertz CT molecular complexity index is 1770. The largest absolute Gasteiger partial charge is 0.325 e. The lowest BCUT2D eigenvalue weighted by molar-refractivity contribution is 0.0976. The van der Waals surface area contributed by atoms with Gasteiger partial charge in [0, 0.05) is 28.9 Å². The predicted molar refractivity (Wildman–Crippen MR) is 150 cm³/mol. The van der Waals surface area contributed by atoms with Gasteiger partial charge in [-0.2, -0.15) is 0 Å². The highest BCUT2D eigenvalue weighted by atomic mass is 35.5. The van der Waals surface area contributed by atoms with E-state index in [-0.39, 0.29) is 4.90 Å². The van der Waals surface area contributed by atoms with Gasteiger partial charge in [-0.3, -0.25) is 9.20 Å². The van der Waals surface area contributed by atoms with Gasteiger partial charge in [-0.1, -0.05) is 71.8 Å². The molecule has 0 unspecified atom stereocenters. The van der Waals surface area contributed by atoms with Crippen molar-refractivity contribution in [1.82, 2.24) is 13.7 Å². The van der Waals surface area contributed by atoms with Crippen molar-refractivity contribution in [3.05, 3.63) is 107 Å². The molecule has 1 aliphatic rings. The zero-order chi connectivity index (χ0) is 26.4. The first kappa shape index (κ1) is 24.5. The van der Waals surface area contributed by atoms with Gasteiger partial charge in [-0.15, -0.1) is 0 Å². The summed E-state index contributed by atoms with van der Waals surface area (Å²) in [6.07, 6.45) is 4.68. The summed E-state index contributed by atoms with van der Waals surface area (Å²) in [7, 11) is -4.08. The standard InChI is InChI=1S/C30H26ClN3O3S/c1-20-10-16-24(17-11-20)38(36,37)32-29(35)28-27(22-7-3-2-4-8-22)25-9-5-6-18-33-26(19-34(28)30(25)33)21-12-14-23(31)15-13-21/h2-4,7-8,10-17,19H,5-6,9,18H2,1H3,(H,32,35). The molecule has 0 radical (unpaired) electrons. The van der Waals surface area contributed by atoms with Crippen molar-refractivity contribution >= 4 is 33.2 Å². The van der Waals surface area contributed by atoms with Crippen LogP contribution in [0.3, 0.4) is 0 Å². The third kappa shape index (κ3) is 4.22. The van der Waals surface area contributed by atoms with Crippen LogP contribution in [-0.4, -0.2) is 23.3 Å². The number of sulfonamides is 1. The maximum atomic E-state index is 13.9. The van der Waals surface area contributed by atoms with E-state index in [4.69, 9.17) is 11.6 Å². The van der Waals surface area contributed by atoms with E-state index in [0.717, 1.165) is 65.0 Å². The van der Waals surface area contributed by atoms with Gasteiger partial charge >= 0.3 is 0 Å². The second kappa shape index (κ2) is 9.49. The highest BCUT2D eigenvalue weighted by Gasteiger charge is 2.31. The second-order valence-corrected chi connectivity index (χ2v) is 11.8. The summed E-state index contributed by atoms with van der Waals surface area (Å²) >= 11 is 6.15. The Morgan fingerprint density at radius 2 is 1.61 bits per heavy atom. The lowest BCUT2D eigenvalue weighted by Crippen LogP contribution is -2.31. The molecule has 0 saturated carbocycles. The van der Waals surface area contributed by atoms with Crippen LogP contribution in [-0.2, 0) is 23.0 Å². The van der Waals surface area contributed by atoms with Crippen LogP contribution in [0.4, 0.5) is 0 Å². The molecule has 0 spiro atoms. The smallest absolute Gasteiger partial charge is 0.282 e. The van der Waals surface area contributed by atoms with Crippen molar-refractivity contribution in [2.45, 2.75) is 37.6 Å². The lowest BCUT2D eigenvalue weighted by atomic mass is 9.98. The maximum absolute atomic E-state index is 13.9. The van der Waals surface area contributed by atoms with Crippen LogP contribution in [0.1, 0.15) is 34.5 Å². The third-order valence-corrected chi connectivity index (χ3v) is 8.71. The fourth-order valence-corrected chi connectivity index (χ4v) is 6.40. The van der Waals surface area contributed by atoms with Crippen molar-refractivity contribution in [3.63, 3.8) is 0 Å². The Morgan fingerprint density at radius 1 is 0.895 bits per heavy atom. The first-order valence-electron chi connectivity index (χ1n) is 12.5. The molecular weight excluding hydrogens is 518 g/mol. The Labute approximate surface area is 226 Å². The summed E-state index contributed by atoms with van der Waals surface area (Å²) in [5.74, 6) is -0.661. The summed E-state index contributed by atoms with van der Waals surface area (Å²) in [4.78, 5) is 14.0. The summed E-state index contributed by atoms with van der Waals surface area (Å²) in [5.41, 5.74) is 6.80. The fraction of sp³-hybridized carbons (Fsp3) is 0.167. The number of amides is 1. The average Bonchev–Trinajstić information content (AvgIpc) is 3.32. The Kier molecular flexibility index (Phi) is 6.13. The van der Waals surface area contributed by atoms with Crippen molar-refractivity contribution < 1.29 is 13.2 Å². The molecule has 38 heavy (non-hydrogen) atoms. The highest BCUT2D eigenvalue weighted by molar-refractivity contribution is 7.90. The van der Waals surface area contributed by atoms with E-state index >= 15 is 0 Å². The molecule has 0 fully saturated rings. The van der Waals surface area contributed by atoms with E-state index in [1.807, 2.05) is 72.1 Å². The summed E-state index contributed by atoms with van der Waals surface area (Å²) in [6.45, 7) is 2.68. The van der Waals surface area contributed by atoms with E-state index in [0.29, 0.717) is 10.7 Å². The van der Waals surface area contributed by atoms with Crippen LogP contribution < -0.4 is 4.72 Å². The quantitative estimate of drug-likeness (QED) is 0.275. The Balaban J connectivity index is 1.57. The van der Waals surface area contributed by atoms with Crippen molar-refractivity contribution in [2.24, 2.45) is 0 Å². The van der Waals surface area contributed by atoms with Gasteiger partial charge in [0.25, 0.3) is 15.9 Å². The minimum atomic E-state index is -4.08. The number of benzene rings is 3. The van der Waals surface area contributed by atoms with Gasteiger partial charge in [0.1, 0.15) is 11.3 Å². The summed E-state index contributed by atoms with van der Waals surface area (Å²) in [6, 6.07) is 23.8. The van der Waals surface area contributed by atoms with Crippen LogP contribution in [0, 0.1) is 6.92 Å². The molecular formula is C30H26ClN3O3S. The van der Waals surface area contributed by atoms with Gasteiger partial charge in [0.05, 0.1) is 10.6 Å². The van der Waals surface area contributed by atoms with E-state index in [1.54, 1.807) is 12.1 Å². The number of carbonyl (C=O) groups is 1. The molecule has 3 heterocycles. The zero-order valence-electron chi connectivity index (χ0n) is 20.8. The van der Waals surface area contributed by atoms with Gasteiger partial charge in [0.15, 0.2) is 0 Å². The van der Waals surface area contributed by atoms with E-state index in [2.05, 4.69) is 9.29 Å². The van der Waals surface area contributed by atoms with Crippen LogP contribution in [0.5, 0.6) is 0 Å². The van der Waals surface area contributed by atoms with Crippen molar-refractivity contribution in [3.8, 4) is 22.4 Å². The number of aromatic nitrogens is 2. The van der Waals surface area contributed by atoms with Crippen LogP contribution in [0.2, 0.25) is 5.02 Å². The molecule has 1 amide bonds. The lowest BCUT2D eigenvalue weighted by Gasteiger charge is -2.11. The molecule has 1 aliphatic heterocycles. The molecule has 0 saturated heterocycles. The van der Waals surface area contributed by atoms with Gasteiger partial charge < -0.3 is 4.57 Å². The second-order valence-electron chi connectivity index (χ2n) is 9.64. The minimum absolute atomic E-state index is 0.0475. The molecule has 1 N–H and O–H groups in total. The average molecular weight is 544 g/mol. The Hall–Kier alpha value is -3.81. The van der Waals surface area contributed by atoms with Gasteiger partial charge in [0.2, 0.25) is 0 Å². The van der Waals surface area contributed by atoms with E-state index < -0.39 is 15.9 Å². The van der Waals surface area contributed by atoms with Gasteiger partial charge in [-0.05, 0) is 61.6 Å². The number of hydrogen-bond acceptors (Lipinski definition) is 3. The summed E-state index contributed by atoms with van der Waals surface area (Å²) < 4.78 is 32.9. The zero-order valence-corrected chi connectivity index (χ0v) is 22.4. The highest BCUT2D eigenvalue weighted by Crippen LogP contribution is 2.39. The minimum Gasteiger partial charge on any atom is -0.325 e. The number of hydrogen-bond donors (Lipinski definition) is 1. The number of imidazole rings is 1. The molecule has 0 aliphatic carbocycles. The molecule has 5 aromatic rings. The van der Waals surface area contributed by atoms with Crippen molar-refractivity contribution in [1.29, 1.82) is 0 Å². The molecule has 192 valence electrons. The SMILES string of the molecule is Cc1ccc(S(=O)(=O)NC(=O)c2c(-c3ccccc3)c3c4n(c(-c5ccc(Cl)cc5)cn24)CCCC3)cc1. The molecule has 0 atom stereocenters. The first-order valence-corrected chi connectivity index (χ1v) is 14.4. The normalized spacial score (nSPS) is 13.4. The number of rotatable bonds is 5. The van der Waals surface area contributed by atoms with Crippen molar-refractivity contribution in [2.75, 3.05) is 0 Å².